The minimum atomic E-state index is -0.749. The van der Waals surface area contributed by atoms with Crippen molar-refractivity contribution in [3.8, 4) is 0 Å². The van der Waals surface area contributed by atoms with Crippen LogP contribution >= 0.6 is 0 Å². The fourth-order valence-corrected chi connectivity index (χ4v) is 4.72. The second kappa shape index (κ2) is 10.9. The van der Waals surface area contributed by atoms with E-state index in [4.69, 9.17) is 4.74 Å². The lowest BCUT2D eigenvalue weighted by Crippen LogP contribution is -2.48. The lowest BCUT2D eigenvalue weighted by atomic mass is 9.95. The minimum absolute atomic E-state index is 0.0242. The molecule has 150 valence electrons. The van der Waals surface area contributed by atoms with Crippen LogP contribution in [0.3, 0.4) is 0 Å². The van der Waals surface area contributed by atoms with E-state index in [1.165, 1.54) is 0 Å². The smallest absolute Gasteiger partial charge is 0.243 e. The van der Waals surface area contributed by atoms with Gasteiger partial charge < -0.3 is 20.3 Å². The van der Waals surface area contributed by atoms with Crippen LogP contribution in [0.15, 0.2) is 4.99 Å². The van der Waals surface area contributed by atoms with E-state index in [1.54, 1.807) is 19.0 Å². The van der Waals surface area contributed by atoms with Crippen LogP contribution in [0.5, 0.6) is 0 Å². The molecule has 2 rings (SSSR count). The first kappa shape index (κ1) is 21.2. The molecule has 1 amide bonds. The highest BCUT2D eigenvalue weighted by Crippen LogP contribution is 2.23. The van der Waals surface area contributed by atoms with Crippen molar-refractivity contribution in [1.82, 2.24) is 15.5 Å². The lowest BCUT2D eigenvalue weighted by molar-refractivity contribution is -0.127. The first-order valence-corrected chi connectivity index (χ1v) is 11.1. The van der Waals surface area contributed by atoms with Crippen LogP contribution in [-0.2, 0) is 20.3 Å². The zero-order valence-electron chi connectivity index (χ0n) is 16.3. The lowest BCUT2D eigenvalue weighted by Gasteiger charge is -2.30. The summed E-state index contributed by atoms with van der Waals surface area (Å²) in [6.07, 6.45) is 5.12. The maximum absolute atomic E-state index is 12.2. The van der Waals surface area contributed by atoms with Crippen molar-refractivity contribution in [3.05, 3.63) is 0 Å². The topological polar surface area (TPSA) is 83.0 Å². The molecule has 0 spiro atoms. The summed E-state index contributed by atoms with van der Waals surface area (Å²) in [7, 11) is 2.72. The molecule has 1 saturated heterocycles. The molecule has 0 aromatic carbocycles. The van der Waals surface area contributed by atoms with Gasteiger partial charge in [-0.15, -0.1) is 0 Å². The molecule has 0 radical (unpaired) electrons. The van der Waals surface area contributed by atoms with E-state index in [9.17, 15) is 9.00 Å². The first-order chi connectivity index (χ1) is 12.5. The Labute approximate surface area is 159 Å². The Morgan fingerprint density at radius 3 is 2.77 bits per heavy atom. The number of rotatable bonds is 7. The SMILES string of the molecule is CCS(=O)C1CCCC(NC(=NCC(=O)N(C)C)NCC2CCOC2)C1. The summed E-state index contributed by atoms with van der Waals surface area (Å²) in [4.78, 5) is 17.9. The Morgan fingerprint density at radius 2 is 2.12 bits per heavy atom. The number of hydrogen-bond donors (Lipinski definition) is 2. The van der Waals surface area contributed by atoms with Gasteiger partial charge in [0.15, 0.2) is 5.96 Å². The number of likely N-dealkylation sites (N-methyl/N-ethyl adjacent to an activating group) is 1. The Bertz CT molecular complexity index is 507. The summed E-state index contributed by atoms with van der Waals surface area (Å²) in [5.74, 6) is 1.86. The Kier molecular flexibility index (Phi) is 8.84. The molecule has 26 heavy (non-hydrogen) atoms. The Hall–Kier alpha value is -1.15. The molecule has 1 saturated carbocycles. The van der Waals surface area contributed by atoms with E-state index in [2.05, 4.69) is 15.6 Å². The number of ether oxygens (including phenoxy) is 1. The van der Waals surface area contributed by atoms with Crippen LogP contribution in [0.4, 0.5) is 0 Å². The maximum atomic E-state index is 12.2. The monoisotopic (exact) mass is 386 g/mol. The summed E-state index contributed by atoms with van der Waals surface area (Å²) in [6, 6.07) is 0.254. The number of amides is 1. The Balaban J connectivity index is 1.93. The van der Waals surface area contributed by atoms with Crippen molar-refractivity contribution >= 4 is 22.7 Å². The van der Waals surface area contributed by atoms with Crippen molar-refractivity contribution in [1.29, 1.82) is 0 Å². The summed E-state index contributed by atoms with van der Waals surface area (Å²) in [5.41, 5.74) is 0. The van der Waals surface area contributed by atoms with Gasteiger partial charge in [0, 0.05) is 61.0 Å². The van der Waals surface area contributed by atoms with Gasteiger partial charge in [0.1, 0.15) is 6.54 Å². The molecule has 1 heterocycles. The van der Waals surface area contributed by atoms with Crippen molar-refractivity contribution in [3.63, 3.8) is 0 Å². The third-order valence-corrected chi connectivity index (χ3v) is 6.82. The molecular weight excluding hydrogens is 352 g/mol. The summed E-state index contributed by atoms with van der Waals surface area (Å²) in [6.45, 7) is 4.49. The number of carbonyl (C=O) groups excluding carboxylic acids is 1. The molecule has 2 fully saturated rings. The van der Waals surface area contributed by atoms with E-state index >= 15 is 0 Å². The normalized spacial score (nSPS) is 27.8. The van der Waals surface area contributed by atoms with Crippen molar-refractivity contribution in [2.24, 2.45) is 10.9 Å². The molecule has 0 aromatic rings. The second-order valence-electron chi connectivity index (χ2n) is 7.36. The average Bonchev–Trinajstić information content (AvgIpc) is 3.16. The van der Waals surface area contributed by atoms with E-state index in [0.29, 0.717) is 11.9 Å². The van der Waals surface area contributed by atoms with Crippen LogP contribution in [-0.4, -0.2) is 78.4 Å². The van der Waals surface area contributed by atoms with Gasteiger partial charge in [0.05, 0.1) is 6.61 Å². The number of aliphatic imine (C=N–C) groups is 1. The molecule has 1 aliphatic carbocycles. The minimum Gasteiger partial charge on any atom is -0.381 e. The van der Waals surface area contributed by atoms with Gasteiger partial charge in [-0.25, -0.2) is 4.99 Å². The van der Waals surface area contributed by atoms with Crippen LogP contribution in [0, 0.1) is 5.92 Å². The van der Waals surface area contributed by atoms with Gasteiger partial charge in [0.25, 0.3) is 0 Å². The van der Waals surface area contributed by atoms with Gasteiger partial charge in [-0.2, -0.15) is 0 Å². The number of carbonyl (C=O) groups is 1. The molecule has 4 unspecified atom stereocenters. The van der Waals surface area contributed by atoms with Crippen LogP contribution < -0.4 is 10.6 Å². The third-order valence-electron chi connectivity index (χ3n) is 5.08. The van der Waals surface area contributed by atoms with Gasteiger partial charge in [-0.05, 0) is 25.7 Å². The Morgan fingerprint density at radius 1 is 1.31 bits per heavy atom. The van der Waals surface area contributed by atoms with Crippen LogP contribution in [0.25, 0.3) is 0 Å². The molecule has 8 heteroatoms. The fraction of sp³-hybridized carbons (Fsp3) is 0.889. The molecule has 2 N–H and O–H groups in total. The second-order valence-corrected chi connectivity index (χ2v) is 9.37. The van der Waals surface area contributed by atoms with E-state index < -0.39 is 10.8 Å². The maximum Gasteiger partial charge on any atom is 0.243 e. The molecule has 0 bridgehead atoms. The van der Waals surface area contributed by atoms with Crippen LogP contribution in [0.1, 0.15) is 39.0 Å². The zero-order valence-corrected chi connectivity index (χ0v) is 17.1. The number of hydrogen-bond acceptors (Lipinski definition) is 4. The van der Waals surface area contributed by atoms with Crippen molar-refractivity contribution in [2.45, 2.75) is 50.3 Å². The van der Waals surface area contributed by atoms with E-state index in [-0.39, 0.29) is 23.7 Å². The van der Waals surface area contributed by atoms with Crippen LogP contribution in [0.2, 0.25) is 0 Å². The van der Waals surface area contributed by atoms with E-state index in [0.717, 1.165) is 57.6 Å². The predicted octanol–water partition coefficient (Wildman–Crippen LogP) is 0.726. The summed E-state index contributed by atoms with van der Waals surface area (Å²) < 4.78 is 17.6. The third kappa shape index (κ3) is 6.87. The number of nitrogens with zero attached hydrogens (tertiary/aromatic N) is 2. The highest BCUT2D eigenvalue weighted by Gasteiger charge is 2.26. The standard InChI is InChI=1S/C18H34N4O3S/c1-4-26(24)16-7-5-6-15(10-16)21-18(20-12-17(23)22(2)3)19-11-14-8-9-25-13-14/h14-16H,4-13H2,1-3H3,(H2,19,20,21). The van der Waals surface area contributed by atoms with Gasteiger partial charge >= 0.3 is 0 Å². The largest absolute Gasteiger partial charge is 0.381 e. The number of guanidine groups is 1. The van der Waals surface area contributed by atoms with Gasteiger partial charge in [0.2, 0.25) is 5.91 Å². The first-order valence-electron chi connectivity index (χ1n) is 9.69. The highest BCUT2D eigenvalue weighted by molar-refractivity contribution is 7.85. The molecule has 4 atom stereocenters. The van der Waals surface area contributed by atoms with Crippen molar-refractivity contribution in [2.75, 3.05) is 46.2 Å². The fourth-order valence-electron chi connectivity index (χ4n) is 3.37. The summed E-state index contributed by atoms with van der Waals surface area (Å²) >= 11 is 0. The highest BCUT2D eigenvalue weighted by atomic mass is 32.2. The molecule has 7 nitrogen and oxygen atoms in total. The molecule has 0 aromatic heterocycles. The average molecular weight is 387 g/mol. The molecular formula is C18H34N4O3S. The summed E-state index contributed by atoms with van der Waals surface area (Å²) in [5, 5.41) is 7.11. The van der Waals surface area contributed by atoms with Crippen molar-refractivity contribution < 1.29 is 13.7 Å². The van der Waals surface area contributed by atoms with E-state index in [1.807, 2.05) is 6.92 Å². The molecule has 1 aliphatic heterocycles. The number of nitrogens with one attached hydrogen (secondary N) is 2. The van der Waals surface area contributed by atoms with Gasteiger partial charge in [-0.3, -0.25) is 9.00 Å². The predicted molar refractivity (Wildman–Crippen MR) is 106 cm³/mol. The zero-order chi connectivity index (χ0) is 18.9. The quantitative estimate of drug-likeness (QED) is 0.498. The molecule has 2 aliphatic rings. The van der Waals surface area contributed by atoms with Gasteiger partial charge in [-0.1, -0.05) is 13.3 Å².